The molecule has 0 aliphatic carbocycles. The van der Waals surface area contributed by atoms with E-state index in [1.165, 1.54) is 32.9 Å². The minimum absolute atomic E-state index is 0.272. The first-order valence-corrected chi connectivity index (χ1v) is 7.85. The summed E-state index contributed by atoms with van der Waals surface area (Å²) < 4.78 is 14.8. The van der Waals surface area contributed by atoms with Gasteiger partial charge in [-0.3, -0.25) is 0 Å². The third-order valence-electron chi connectivity index (χ3n) is 2.69. The van der Waals surface area contributed by atoms with Crippen molar-refractivity contribution in [1.82, 2.24) is 25.3 Å². The van der Waals surface area contributed by atoms with Crippen molar-refractivity contribution >= 4 is 6.09 Å². The highest BCUT2D eigenvalue weighted by Crippen LogP contribution is 2.08. The number of aromatic nitrogens is 4. The molecular weight excluding hydrogens is 352 g/mol. The predicted octanol–water partition coefficient (Wildman–Crippen LogP) is 1.87. The Morgan fingerprint density at radius 1 is 1.07 bits per heavy atom. The van der Waals surface area contributed by atoms with E-state index in [2.05, 4.69) is 25.3 Å². The summed E-state index contributed by atoms with van der Waals surface area (Å²) in [7, 11) is 3.01. The smallest absolute Gasteiger partial charge is 0.407 e. The van der Waals surface area contributed by atoms with Crippen molar-refractivity contribution in [3.05, 3.63) is 36.2 Å². The predicted molar refractivity (Wildman–Crippen MR) is 95.0 cm³/mol. The number of hydrogen-bond donors (Lipinski definition) is 1. The van der Waals surface area contributed by atoms with E-state index in [-0.39, 0.29) is 6.54 Å². The van der Waals surface area contributed by atoms with Crippen molar-refractivity contribution < 1.29 is 19.0 Å². The topological polar surface area (TPSA) is 132 Å². The number of nitrogens with one attached hydrogen (secondary N) is 1. The second-order valence-electron chi connectivity index (χ2n) is 5.96. The Balaban J connectivity index is 0.000000309. The van der Waals surface area contributed by atoms with Crippen molar-refractivity contribution in [2.24, 2.45) is 0 Å². The maximum Gasteiger partial charge on any atom is 0.407 e. The fourth-order valence-electron chi connectivity index (χ4n) is 1.57. The molecule has 0 radical (unpaired) electrons. The fourth-order valence-corrected chi connectivity index (χ4v) is 1.57. The van der Waals surface area contributed by atoms with Gasteiger partial charge in [-0.2, -0.15) is 5.26 Å². The van der Waals surface area contributed by atoms with Gasteiger partial charge in [0, 0.05) is 12.1 Å². The molecule has 1 amide bonds. The molecule has 0 spiro atoms. The molecule has 0 aliphatic heterocycles. The van der Waals surface area contributed by atoms with Crippen molar-refractivity contribution in [3.8, 4) is 17.8 Å². The third-order valence-corrected chi connectivity index (χ3v) is 2.69. The molecule has 10 nitrogen and oxygen atoms in total. The number of carbonyl (C=O) groups excluding carboxylic acids is 1. The molecule has 0 aliphatic rings. The molecule has 10 heteroatoms. The number of methoxy groups -OCH3 is 2. The Hall–Kier alpha value is -3.48. The zero-order chi connectivity index (χ0) is 20.3. The molecular formula is C17H22N6O4. The van der Waals surface area contributed by atoms with Crippen molar-refractivity contribution in [2.75, 3.05) is 14.2 Å². The molecule has 144 valence electrons. The van der Waals surface area contributed by atoms with Gasteiger partial charge in [-0.15, -0.1) is 0 Å². The molecule has 0 unspecified atom stereocenters. The summed E-state index contributed by atoms with van der Waals surface area (Å²) in [5, 5.41) is 11.0. The first kappa shape index (κ1) is 21.6. The van der Waals surface area contributed by atoms with Gasteiger partial charge in [0.15, 0.2) is 0 Å². The van der Waals surface area contributed by atoms with E-state index in [9.17, 15) is 4.79 Å². The summed E-state index contributed by atoms with van der Waals surface area (Å²) in [6, 6.07) is 4.99. The van der Waals surface area contributed by atoms with E-state index in [4.69, 9.17) is 19.5 Å². The van der Waals surface area contributed by atoms with Gasteiger partial charge in [0.1, 0.15) is 30.0 Å². The van der Waals surface area contributed by atoms with Gasteiger partial charge in [-0.1, -0.05) is 0 Å². The number of carbonyl (C=O) groups is 1. The molecule has 1 N–H and O–H groups in total. The van der Waals surface area contributed by atoms with Gasteiger partial charge in [0.2, 0.25) is 11.8 Å². The van der Waals surface area contributed by atoms with E-state index < -0.39 is 11.7 Å². The molecule has 0 bridgehead atoms. The van der Waals surface area contributed by atoms with Crippen LogP contribution in [0.3, 0.4) is 0 Å². The highest BCUT2D eigenvalue weighted by Gasteiger charge is 2.15. The van der Waals surface area contributed by atoms with Crippen LogP contribution in [0.1, 0.15) is 32.2 Å². The van der Waals surface area contributed by atoms with Gasteiger partial charge in [-0.05, 0) is 20.8 Å². The fraction of sp³-hybridized carbons (Fsp3) is 0.412. The molecule has 2 aromatic rings. The van der Waals surface area contributed by atoms with Gasteiger partial charge < -0.3 is 19.5 Å². The molecule has 27 heavy (non-hydrogen) atoms. The monoisotopic (exact) mass is 374 g/mol. The zero-order valence-corrected chi connectivity index (χ0v) is 15.9. The van der Waals surface area contributed by atoms with Crippen molar-refractivity contribution in [1.29, 1.82) is 5.26 Å². The summed E-state index contributed by atoms with van der Waals surface area (Å²) in [5.74, 6) is 0.868. The molecule has 0 atom stereocenters. The average molecular weight is 374 g/mol. The molecule has 0 fully saturated rings. The summed E-state index contributed by atoms with van der Waals surface area (Å²) >= 11 is 0. The van der Waals surface area contributed by atoms with E-state index in [0.717, 1.165) is 0 Å². The summed E-state index contributed by atoms with van der Waals surface area (Å²) in [6.07, 6.45) is 2.19. The number of ether oxygens (including phenoxy) is 3. The Morgan fingerprint density at radius 3 is 2.22 bits per heavy atom. The van der Waals surface area contributed by atoms with Crippen LogP contribution < -0.4 is 14.8 Å². The number of alkyl carbamates (subject to hydrolysis) is 1. The second-order valence-corrected chi connectivity index (χ2v) is 5.96. The van der Waals surface area contributed by atoms with Crippen LogP contribution in [0.25, 0.3) is 0 Å². The minimum Gasteiger partial charge on any atom is -0.481 e. The summed E-state index contributed by atoms with van der Waals surface area (Å²) in [4.78, 5) is 26.6. The van der Waals surface area contributed by atoms with Crippen LogP contribution >= 0.6 is 0 Å². The quantitative estimate of drug-likeness (QED) is 0.851. The summed E-state index contributed by atoms with van der Waals surface area (Å²) in [5.41, 5.74) is 0.461. The van der Waals surface area contributed by atoms with E-state index in [0.29, 0.717) is 23.1 Å². The van der Waals surface area contributed by atoms with Crippen LogP contribution in [0, 0.1) is 11.3 Å². The van der Waals surface area contributed by atoms with E-state index in [1.54, 1.807) is 26.8 Å². The third kappa shape index (κ3) is 8.97. The number of nitrogens with zero attached hydrogens (tertiary/aromatic N) is 5. The van der Waals surface area contributed by atoms with E-state index in [1.807, 2.05) is 6.07 Å². The van der Waals surface area contributed by atoms with E-state index >= 15 is 0 Å². The zero-order valence-electron chi connectivity index (χ0n) is 15.9. The van der Waals surface area contributed by atoms with Gasteiger partial charge in [-0.25, -0.2) is 24.7 Å². The highest BCUT2D eigenvalue weighted by molar-refractivity contribution is 5.67. The Morgan fingerprint density at radius 2 is 1.67 bits per heavy atom. The van der Waals surface area contributed by atoms with Gasteiger partial charge in [0.25, 0.3) is 0 Å². The van der Waals surface area contributed by atoms with Crippen molar-refractivity contribution in [2.45, 2.75) is 32.9 Å². The van der Waals surface area contributed by atoms with Crippen LogP contribution in [0.2, 0.25) is 0 Å². The number of amides is 1. The number of nitriles is 1. The Kier molecular flexibility index (Phi) is 8.38. The number of hydrogen-bond acceptors (Lipinski definition) is 9. The second kappa shape index (κ2) is 10.5. The van der Waals surface area contributed by atoms with Crippen LogP contribution in [-0.4, -0.2) is 45.8 Å². The standard InChI is InChI=1S/C11H17N3O3.C6H5N3O/c1-11(2,3)17-10(15)12-6-8-5-9(16-4)14-7-13-8;1-10-6-2-5(3-7)8-4-9-6/h5,7H,6H2,1-4H3,(H,12,15);2,4H,1H3. The maximum absolute atomic E-state index is 11.4. The molecule has 0 saturated heterocycles. The lowest BCUT2D eigenvalue weighted by Crippen LogP contribution is -2.32. The van der Waals surface area contributed by atoms with Crippen LogP contribution in [0.4, 0.5) is 4.79 Å². The van der Waals surface area contributed by atoms with Crippen LogP contribution in [-0.2, 0) is 11.3 Å². The molecule has 2 heterocycles. The highest BCUT2D eigenvalue weighted by atomic mass is 16.6. The average Bonchev–Trinajstić information content (AvgIpc) is 2.65. The normalized spacial score (nSPS) is 9.93. The molecule has 2 rings (SSSR count). The van der Waals surface area contributed by atoms with Gasteiger partial charge in [0.05, 0.1) is 26.5 Å². The first-order valence-electron chi connectivity index (χ1n) is 7.85. The minimum atomic E-state index is -0.507. The summed E-state index contributed by atoms with van der Waals surface area (Å²) in [6.45, 7) is 5.69. The molecule has 2 aromatic heterocycles. The Bertz CT molecular complexity index is 785. The maximum atomic E-state index is 11.4. The van der Waals surface area contributed by atoms with Crippen LogP contribution in [0.15, 0.2) is 24.8 Å². The largest absolute Gasteiger partial charge is 0.481 e. The first-order chi connectivity index (χ1) is 12.8. The lowest BCUT2D eigenvalue weighted by molar-refractivity contribution is 0.0523. The lowest BCUT2D eigenvalue weighted by atomic mass is 10.2. The lowest BCUT2D eigenvalue weighted by Gasteiger charge is -2.19. The number of rotatable bonds is 4. The molecule has 0 aromatic carbocycles. The molecule has 0 saturated carbocycles. The van der Waals surface area contributed by atoms with Gasteiger partial charge >= 0.3 is 6.09 Å². The SMILES string of the molecule is COc1cc(C#N)ncn1.COc1cc(CNC(=O)OC(C)(C)C)ncn1. The van der Waals surface area contributed by atoms with Crippen molar-refractivity contribution in [3.63, 3.8) is 0 Å². The van der Waals surface area contributed by atoms with Crippen LogP contribution in [0.5, 0.6) is 11.8 Å². The Labute approximate surface area is 157 Å².